The van der Waals surface area contributed by atoms with Gasteiger partial charge < -0.3 is 4.74 Å². The van der Waals surface area contributed by atoms with Crippen LogP contribution < -0.4 is 0 Å². The fraction of sp³-hybridized carbons (Fsp3) is 0.889. The van der Waals surface area contributed by atoms with E-state index in [1.54, 1.807) is 6.08 Å². The van der Waals surface area contributed by atoms with Crippen molar-refractivity contribution in [1.82, 2.24) is 0 Å². The molecule has 2 bridgehead atoms. The van der Waals surface area contributed by atoms with Gasteiger partial charge in [0.05, 0.1) is 6.54 Å². The highest BCUT2D eigenvalue weighted by atomic mass is 16.5. The van der Waals surface area contributed by atoms with Crippen molar-refractivity contribution in [3.8, 4) is 0 Å². The molecule has 2 rings (SSSR count). The number of aliphatic imine (C=N–C) groups is 1. The summed E-state index contributed by atoms with van der Waals surface area (Å²) in [5.41, 5.74) is 0. The van der Waals surface area contributed by atoms with Crippen LogP contribution in [-0.2, 0) is 9.53 Å². The third-order valence-corrected chi connectivity index (χ3v) is 3.15. The monoisotopic (exact) mass is 167 g/mol. The van der Waals surface area contributed by atoms with Gasteiger partial charge in [-0.05, 0) is 30.6 Å². The van der Waals surface area contributed by atoms with Gasteiger partial charge in [-0.3, -0.25) is 0 Å². The number of ether oxygens (including phenoxy) is 1. The van der Waals surface area contributed by atoms with E-state index in [0.29, 0.717) is 24.3 Å². The van der Waals surface area contributed by atoms with E-state index in [9.17, 15) is 4.79 Å². The molecule has 0 spiro atoms. The van der Waals surface area contributed by atoms with Crippen molar-refractivity contribution >= 4 is 6.08 Å². The normalized spacial score (nSPS) is 39.2. The molecule has 2 atom stereocenters. The van der Waals surface area contributed by atoms with Crippen molar-refractivity contribution in [2.24, 2.45) is 22.7 Å². The van der Waals surface area contributed by atoms with E-state index < -0.39 is 0 Å². The van der Waals surface area contributed by atoms with Crippen molar-refractivity contribution in [1.29, 1.82) is 0 Å². The molecule has 0 amide bonds. The van der Waals surface area contributed by atoms with Crippen LogP contribution in [0, 0.1) is 17.8 Å². The minimum Gasteiger partial charge on any atom is -0.381 e. The van der Waals surface area contributed by atoms with Gasteiger partial charge in [0.25, 0.3) is 0 Å². The zero-order valence-corrected chi connectivity index (χ0v) is 7.03. The topological polar surface area (TPSA) is 38.7 Å². The Balaban J connectivity index is 2.00. The molecule has 0 aromatic rings. The number of fused-ring (bicyclic) bond motifs is 2. The highest BCUT2D eigenvalue weighted by Crippen LogP contribution is 2.40. The van der Waals surface area contributed by atoms with Crippen LogP contribution in [0.15, 0.2) is 4.99 Å². The van der Waals surface area contributed by atoms with Crippen LogP contribution >= 0.6 is 0 Å². The first-order chi connectivity index (χ1) is 5.92. The lowest BCUT2D eigenvalue weighted by Crippen LogP contribution is -2.30. The summed E-state index contributed by atoms with van der Waals surface area (Å²) >= 11 is 0. The largest absolute Gasteiger partial charge is 0.381 e. The van der Waals surface area contributed by atoms with Crippen LogP contribution in [0.25, 0.3) is 0 Å². The Morgan fingerprint density at radius 3 is 2.58 bits per heavy atom. The molecule has 1 aliphatic carbocycles. The van der Waals surface area contributed by atoms with E-state index in [1.165, 1.54) is 12.8 Å². The molecule has 2 fully saturated rings. The predicted octanol–water partition coefficient (Wildman–Crippen LogP) is 0.995. The number of hydrogen-bond donors (Lipinski definition) is 0. The van der Waals surface area contributed by atoms with Gasteiger partial charge in [-0.25, -0.2) is 9.79 Å². The molecule has 3 nitrogen and oxygen atoms in total. The van der Waals surface area contributed by atoms with E-state index in [2.05, 4.69) is 4.99 Å². The van der Waals surface area contributed by atoms with Crippen LogP contribution in [0.2, 0.25) is 0 Å². The van der Waals surface area contributed by atoms with Crippen LogP contribution in [0.1, 0.15) is 12.8 Å². The highest BCUT2D eigenvalue weighted by molar-refractivity contribution is 5.32. The van der Waals surface area contributed by atoms with Crippen molar-refractivity contribution < 1.29 is 9.53 Å². The van der Waals surface area contributed by atoms with Crippen LogP contribution in [0.4, 0.5) is 0 Å². The van der Waals surface area contributed by atoms with Gasteiger partial charge in [-0.15, -0.1) is 0 Å². The molecule has 0 aromatic carbocycles. The number of rotatable bonds is 2. The van der Waals surface area contributed by atoms with Crippen LogP contribution in [-0.4, -0.2) is 25.8 Å². The fourth-order valence-corrected chi connectivity index (χ4v) is 2.47. The Labute approximate surface area is 71.8 Å². The molecule has 2 aliphatic rings. The molecular weight excluding hydrogens is 154 g/mol. The summed E-state index contributed by atoms with van der Waals surface area (Å²) in [6.07, 6.45) is 4.13. The molecule has 3 heteroatoms. The summed E-state index contributed by atoms with van der Waals surface area (Å²) in [6, 6.07) is 0. The lowest BCUT2D eigenvalue weighted by atomic mass is 9.88. The Hall–Kier alpha value is -0.660. The molecule has 1 saturated carbocycles. The third-order valence-electron chi connectivity index (χ3n) is 3.15. The van der Waals surface area contributed by atoms with Crippen molar-refractivity contribution in [2.45, 2.75) is 12.8 Å². The summed E-state index contributed by atoms with van der Waals surface area (Å²) in [6.45, 7) is 2.41. The number of nitrogens with zero attached hydrogens (tertiary/aromatic N) is 1. The maximum Gasteiger partial charge on any atom is 0.234 e. The van der Waals surface area contributed by atoms with E-state index in [1.807, 2.05) is 0 Å². The van der Waals surface area contributed by atoms with Crippen LogP contribution in [0.5, 0.6) is 0 Å². The van der Waals surface area contributed by atoms with Gasteiger partial charge in [-0.1, -0.05) is 0 Å². The first kappa shape index (κ1) is 7.96. The van der Waals surface area contributed by atoms with Gasteiger partial charge in [-0.2, -0.15) is 0 Å². The molecule has 0 N–H and O–H groups in total. The maximum absolute atomic E-state index is 9.96. The number of isocyanates is 1. The predicted molar refractivity (Wildman–Crippen MR) is 43.5 cm³/mol. The highest BCUT2D eigenvalue weighted by Gasteiger charge is 2.39. The average molecular weight is 167 g/mol. The molecule has 1 saturated heterocycles. The Morgan fingerprint density at radius 1 is 1.33 bits per heavy atom. The van der Waals surface area contributed by atoms with Crippen molar-refractivity contribution in [3.63, 3.8) is 0 Å². The van der Waals surface area contributed by atoms with Gasteiger partial charge in [0, 0.05) is 13.2 Å². The molecular formula is C9H13NO2. The summed E-state index contributed by atoms with van der Waals surface area (Å²) in [4.78, 5) is 13.6. The lowest BCUT2D eigenvalue weighted by Gasteiger charge is -2.28. The SMILES string of the molecule is O=C=NCC1C2CCC1COC2. The first-order valence-corrected chi connectivity index (χ1v) is 4.53. The van der Waals surface area contributed by atoms with Crippen molar-refractivity contribution in [3.05, 3.63) is 0 Å². The Bertz CT molecular complexity index is 195. The van der Waals surface area contributed by atoms with Crippen molar-refractivity contribution in [2.75, 3.05) is 19.8 Å². The Kier molecular flexibility index (Phi) is 2.24. The molecule has 66 valence electrons. The van der Waals surface area contributed by atoms with Crippen LogP contribution in [0.3, 0.4) is 0 Å². The second kappa shape index (κ2) is 3.38. The molecule has 1 heterocycles. The van der Waals surface area contributed by atoms with E-state index in [-0.39, 0.29) is 0 Å². The second-order valence-corrected chi connectivity index (χ2v) is 3.73. The quantitative estimate of drug-likeness (QED) is 0.454. The summed E-state index contributed by atoms with van der Waals surface area (Å²) in [5, 5.41) is 0. The average Bonchev–Trinajstić information content (AvgIpc) is 2.36. The second-order valence-electron chi connectivity index (χ2n) is 3.73. The molecule has 0 aromatic heterocycles. The minimum atomic E-state index is 0.597. The third kappa shape index (κ3) is 1.30. The van der Waals surface area contributed by atoms with Gasteiger partial charge in [0.2, 0.25) is 6.08 Å². The number of hydrogen-bond acceptors (Lipinski definition) is 3. The van der Waals surface area contributed by atoms with E-state index in [0.717, 1.165) is 13.2 Å². The zero-order valence-electron chi connectivity index (χ0n) is 7.03. The zero-order chi connectivity index (χ0) is 8.39. The van der Waals surface area contributed by atoms with Gasteiger partial charge >= 0.3 is 0 Å². The molecule has 1 aliphatic heterocycles. The Morgan fingerprint density at radius 2 is 2.00 bits per heavy atom. The minimum absolute atomic E-state index is 0.597. The molecule has 0 radical (unpaired) electrons. The summed E-state index contributed by atoms with van der Waals surface area (Å²) in [7, 11) is 0. The fourth-order valence-electron chi connectivity index (χ4n) is 2.47. The van der Waals surface area contributed by atoms with E-state index in [4.69, 9.17) is 4.74 Å². The first-order valence-electron chi connectivity index (χ1n) is 4.53. The summed E-state index contributed by atoms with van der Waals surface area (Å²) < 4.78 is 5.43. The smallest absolute Gasteiger partial charge is 0.234 e. The van der Waals surface area contributed by atoms with E-state index >= 15 is 0 Å². The standard InChI is InChI=1S/C9H13NO2/c11-6-10-3-9-7-1-2-8(9)5-12-4-7/h7-9H,1-5H2. The molecule has 12 heavy (non-hydrogen) atoms. The molecule has 2 unspecified atom stereocenters. The maximum atomic E-state index is 9.96. The van der Waals surface area contributed by atoms with Gasteiger partial charge in [0.1, 0.15) is 0 Å². The summed E-state index contributed by atoms with van der Waals surface area (Å²) in [5.74, 6) is 1.90. The van der Waals surface area contributed by atoms with Gasteiger partial charge in [0.15, 0.2) is 0 Å². The lowest BCUT2D eigenvalue weighted by molar-refractivity contribution is 0.0107. The number of carbonyl (C=O) groups excluding carboxylic acids is 1.